The molecular formula is C24H13BrIN3O7. The van der Waals surface area contributed by atoms with E-state index < -0.39 is 28.7 Å². The van der Waals surface area contributed by atoms with E-state index in [0.29, 0.717) is 4.47 Å². The highest BCUT2D eigenvalue weighted by Crippen LogP contribution is 2.29. The number of hydrogen-bond acceptors (Lipinski definition) is 7. The van der Waals surface area contributed by atoms with Gasteiger partial charge in [-0.1, -0.05) is 15.9 Å². The molecule has 0 bridgehead atoms. The number of amides is 4. The van der Waals surface area contributed by atoms with E-state index in [1.165, 1.54) is 42.5 Å². The van der Waals surface area contributed by atoms with Crippen molar-refractivity contribution in [2.75, 3.05) is 4.90 Å². The van der Waals surface area contributed by atoms with E-state index in [4.69, 9.17) is 4.74 Å². The van der Waals surface area contributed by atoms with Crippen LogP contribution in [0.3, 0.4) is 0 Å². The summed E-state index contributed by atoms with van der Waals surface area (Å²) in [4.78, 5) is 61.8. The number of benzene rings is 3. The van der Waals surface area contributed by atoms with Crippen molar-refractivity contribution in [1.29, 1.82) is 0 Å². The Morgan fingerprint density at radius 3 is 2.33 bits per heavy atom. The normalized spacial score (nSPS) is 14.6. The molecule has 0 unspecified atom stereocenters. The molecule has 1 aliphatic heterocycles. The van der Waals surface area contributed by atoms with Gasteiger partial charge in [0, 0.05) is 25.7 Å². The van der Waals surface area contributed by atoms with Crippen molar-refractivity contribution < 1.29 is 28.8 Å². The standard InChI is InChI=1S/C24H13BrIN3O7/c25-15-3-10-20(36-23(32)13-1-6-18(7-2-13)29(34)35)14(11-15)12-19-21(30)27-24(33)28(22(19)31)17-8-4-16(26)5-9-17/h1-12H,(H,27,30,33)/b19-12-. The third kappa shape index (κ3) is 5.33. The van der Waals surface area contributed by atoms with Gasteiger partial charge in [0.2, 0.25) is 0 Å². The summed E-state index contributed by atoms with van der Waals surface area (Å²) < 4.78 is 6.90. The molecule has 36 heavy (non-hydrogen) atoms. The second kappa shape index (κ2) is 10.4. The van der Waals surface area contributed by atoms with Gasteiger partial charge in [0.05, 0.1) is 16.2 Å². The molecule has 12 heteroatoms. The quantitative estimate of drug-likeness (QED) is 0.0786. The minimum absolute atomic E-state index is 0.0207. The number of hydrogen-bond donors (Lipinski definition) is 1. The lowest BCUT2D eigenvalue weighted by atomic mass is 10.1. The summed E-state index contributed by atoms with van der Waals surface area (Å²) in [5.74, 6) is -2.54. The number of nitrogens with one attached hydrogen (secondary N) is 1. The van der Waals surface area contributed by atoms with Gasteiger partial charge in [-0.3, -0.25) is 25.0 Å². The molecule has 1 N–H and O–H groups in total. The summed E-state index contributed by atoms with van der Waals surface area (Å²) >= 11 is 5.38. The van der Waals surface area contributed by atoms with E-state index in [0.717, 1.165) is 8.47 Å². The van der Waals surface area contributed by atoms with Crippen molar-refractivity contribution in [3.63, 3.8) is 0 Å². The smallest absolute Gasteiger partial charge is 0.343 e. The molecule has 0 aliphatic carbocycles. The summed E-state index contributed by atoms with van der Waals surface area (Å²) in [7, 11) is 0. The van der Waals surface area contributed by atoms with Crippen molar-refractivity contribution >= 4 is 79.8 Å². The molecule has 3 aromatic carbocycles. The van der Waals surface area contributed by atoms with Crippen LogP contribution in [0.1, 0.15) is 15.9 Å². The fraction of sp³-hybridized carbons (Fsp3) is 0. The van der Waals surface area contributed by atoms with Gasteiger partial charge in [0.25, 0.3) is 17.5 Å². The molecule has 4 amide bonds. The lowest BCUT2D eigenvalue weighted by Gasteiger charge is -2.26. The van der Waals surface area contributed by atoms with Gasteiger partial charge in [-0.05, 0) is 83.3 Å². The first-order chi connectivity index (χ1) is 17.1. The molecule has 1 fully saturated rings. The average Bonchev–Trinajstić information content (AvgIpc) is 2.84. The highest BCUT2D eigenvalue weighted by atomic mass is 127. The zero-order chi connectivity index (χ0) is 26.0. The number of anilines is 1. The number of non-ortho nitro benzene ring substituents is 1. The fourth-order valence-corrected chi connectivity index (χ4v) is 3.98. The number of nitrogens with zero attached hydrogens (tertiary/aromatic N) is 2. The van der Waals surface area contributed by atoms with Crippen molar-refractivity contribution in [2.24, 2.45) is 0 Å². The van der Waals surface area contributed by atoms with Crippen LogP contribution in [0.4, 0.5) is 16.2 Å². The first kappa shape index (κ1) is 25.2. The first-order valence-electron chi connectivity index (χ1n) is 10.1. The number of imide groups is 2. The van der Waals surface area contributed by atoms with E-state index >= 15 is 0 Å². The Balaban J connectivity index is 1.67. The highest BCUT2D eigenvalue weighted by molar-refractivity contribution is 14.1. The Morgan fingerprint density at radius 2 is 1.69 bits per heavy atom. The Kier molecular flexibility index (Phi) is 7.26. The number of nitro benzene ring substituents is 1. The molecule has 0 saturated carbocycles. The highest BCUT2D eigenvalue weighted by Gasteiger charge is 2.37. The van der Waals surface area contributed by atoms with Crippen LogP contribution in [-0.2, 0) is 9.59 Å². The van der Waals surface area contributed by atoms with Gasteiger partial charge >= 0.3 is 12.0 Å². The molecule has 0 spiro atoms. The van der Waals surface area contributed by atoms with Gasteiger partial charge in [0.15, 0.2) is 0 Å². The Bertz CT molecular complexity index is 1450. The number of urea groups is 1. The Labute approximate surface area is 225 Å². The zero-order valence-corrected chi connectivity index (χ0v) is 21.7. The molecule has 0 aromatic heterocycles. The van der Waals surface area contributed by atoms with E-state index in [9.17, 15) is 29.3 Å². The third-order valence-electron chi connectivity index (χ3n) is 4.97. The number of carbonyl (C=O) groups excluding carboxylic acids is 4. The third-order valence-corrected chi connectivity index (χ3v) is 6.19. The minimum atomic E-state index is -0.903. The van der Waals surface area contributed by atoms with Gasteiger partial charge in [-0.15, -0.1) is 0 Å². The molecule has 1 saturated heterocycles. The summed E-state index contributed by atoms with van der Waals surface area (Å²) in [5.41, 5.74) is 0.00284. The molecule has 0 atom stereocenters. The van der Waals surface area contributed by atoms with Gasteiger partial charge < -0.3 is 4.74 Å². The molecule has 0 radical (unpaired) electrons. The van der Waals surface area contributed by atoms with E-state index in [1.807, 2.05) is 0 Å². The van der Waals surface area contributed by atoms with E-state index in [-0.39, 0.29) is 33.8 Å². The summed E-state index contributed by atoms with van der Waals surface area (Å²) in [6.07, 6.45) is 1.22. The van der Waals surface area contributed by atoms with Crippen molar-refractivity contribution in [1.82, 2.24) is 5.32 Å². The number of ether oxygens (including phenoxy) is 1. The average molecular weight is 662 g/mol. The Morgan fingerprint density at radius 1 is 1.03 bits per heavy atom. The van der Waals surface area contributed by atoms with Crippen LogP contribution in [-0.4, -0.2) is 28.7 Å². The van der Waals surface area contributed by atoms with Crippen LogP contribution in [0.15, 0.2) is 76.8 Å². The van der Waals surface area contributed by atoms with Gasteiger partial charge in [-0.25, -0.2) is 14.5 Å². The molecule has 3 aromatic rings. The summed E-state index contributed by atoms with van der Waals surface area (Å²) in [5, 5.41) is 13.0. The van der Waals surface area contributed by atoms with Crippen molar-refractivity contribution in [2.45, 2.75) is 0 Å². The van der Waals surface area contributed by atoms with Gasteiger partial charge in [-0.2, -0.15) is 0 Å². The number of barbiturate groups is 1. The fourth-order valence-electron chi connectivity index (χ4n) is 3.24. The largest absolute Gasteiger partial charge is 0.422 e. The molecule has 1 aliphatic rings. The molecule has 1 heterocycles. The molecule has 10 nitrogen and oxygen atoms in total. The SMILES string of the molecule is O=C1NC(=O)N(c2ccc(I)cc2)C(=O)/C1=C\c1cc(Br)ccc1OC(=O)c1ccc([N+](=O)[O-])cc1. The molecular weight excluding hydrogens is 649 g/mol. The number of carbonyl (C=O) groups is 4. The predicted octanol–water partition coefficient (Wildman–Crippen LogP) is 4.85. The summed E-state index contributed by atoms with van der Waals surface area (Å²) in [6, 6.07) is 15.1. The second-order valence-electron chi connectivity index (χ2n) is 7.31. The van der Waals surface area contributed by atoms with Crippen molar-refractivity contribution in [3.8, 4) is 5.75 Å². The van der Waals surface area contributed by atoms with Gasteiger partial charge in [0.1, 0.15) is 11.3 Å². The first-order valence-corrected chi connectivity index (χ1v) is 11.9. The van der Waals surface area contributed by atoms with Crippen LogP contribution in [0, 0.1) is 13.7 Å². The lowest BCUT2D eigenvalue weighted by molar-refractivity contribution is -0.384. The maximum Gasteiger partial charge on any atom is 0.343 e. The lowest BCUT2D eigenvalue weighted by Crippen LogP contribution is -2.54. The van der Waals surface area contributed by atoms with E-state index in [1.54, 1.807) is 30.3 Å². The predicted molar refractivity (Wildman–Crippen MR) is 140 cm³/mol. The number of nitro groups is 1. The van der Waals surface area contributed by atoms with Crippen LogP contribution < -0.4 is 15.0 Å². The monoisotopic (exact) mass is 661 g/mol. The van der Waals surface area contributed by atoms with Crippen molar-refractivity contribution in [3.05, 3.63) is 102 Å². The zero-order valence-electron chi connectivity index (χ0n) is 17.9. The molecule has 180 valence electrons. The van der Waals surface area contributed by atoms with Crippen LogP contribution in [0.25, 0.3) is 6.08 Å². The maximum atomic E-state index is 13.2. The number of rotatable bonds is 5. The number of halogens is 2. The van der Waals surface area contributed by atoms with Crippen LogP contribution in [0.5, 0.6) is 5.75 Å². The number of esters is 1. The van der Waals surface area contributed by atoms with Crippen LogP contribution in [0.2, 0.25) is 0 Å². The topological polar surface area (TPSA) is 136 Å². The van der Waals surface area contributed by atoms with E-state index in [2.05, 4.69) is 43.8 Å². The Hall–Kier alpha value is -3.91. The summed E-state index contributed by atoms with van der Waals surface area (Å²) in [6.45, 7) is 0. The van der Waals surface area contributed by atoms with Crippen LogP contribution >= 0.6 is 38.5 Å². The maximum absolute atomic E-state index is 13.2. The molecule has 4 rings (SSSR count). The second-order valence-corrected chi connectivity index (χ2v) is 9.47. The minimum Gasteiger partial charge on any atom is -0.422 e.